The fourth-order valence-electron chi connectivity index (χ4n) is 1.41. The van der Waals surface area contributed by atoms with Gasteiger partial charge in [-0.25, -0.2) is 8.42 Å². The Kier molecular flexibility index (Phi) is 3.37. The molecule has 0 radical (unpaired) electrons. The number of methoxy groups -OCH3 is 1. The number of rotatable bonds is 4. The molecule has 12 heavy (non-hydrogen) atoms. The molecule has 0 aromatic heterocycles. The summed E-state index contributed by atoms with van der Waals surface area (Å²) in [6.07, 6.45) is 2.96. The lowest BCUT2D eigenvalue weighted by atomic mass is 9.80. The average molecular weight is 213 g/mol. The van der Waals surface area contributed by atoms with Crippen LogP contribution in [0.15, 0.2) is 0 Å². The van der Waals surface area contributed by atoms with Gasteiger partial charge in [0, 0.05) is 17.8 Å². The van der Waals surface area contributed by atoms with Crippen molar-refractivity contribution in [3.63, 3.8) is 0 Å². The summed E-state index contributed by atoms with van der Waals surface area (Å²) in [5, 5.41) is 0. The Morgan fingerprint density at radius 1 is 1.50 bits per heavy atom. The van der Waals surface area contributed by atoms with Crippen LogP contribution in [0.5, 0.6) is 0 Å². The van der Waals surface area contributed by atoms with Gasteiger partial charge in [0.05, 0.1) is 11.9 Å². The fraction of sp³-hybridized carbons (Fsp3) is 1.00. The van der Waals surface area contributed by atoms with E-state index in [0.717, 1.165) is 12.8 Å². The van der Waals surface area contributed by atoms with E-state index >= 15 is 0 Å². The van der Waals surface area contributed by atoms with Crippen LogP contribution < -0.4 is 0 Å². The first-order chi connectivity index (χ1) is 5.51. The third-order valence-corrected chi connectivity index (χ3v) is 3.48. The molecule has 0 saturated heterocycles. The van der Waals surface area contributed by atoms with E-state index in [-0.39, 0.29) is 5.75 Å². The van der Waals surface area contributed by atoms with Gasteiger partial charge >= 0.3 is 0 Å². The van der Waals surface area contributed by atoms with Gasteiger partial charge in [-0.05, 0) is 25.2 Å². The Bertz CT molecular complexity index is 231. The quantitative estimate of drug-likeness (QED) is 0.662. The molecule has 0 bridgehead atoms. The summed E-state index contributed by atoms with van der Waals surface area (Å²) >= 11 is 0. The molecule has 1 saturated carbocycles. The minimum atomic E-state index is -3.29. The van der Waals surface area contributed by atoms with Gasteiger partial charge in [-0.15, -0.1) is 0 Å². The fourth-order valence-corrected chi connectivity index (χ4v) is 2.29. The van der Waals surface area contributed by atoms with Gasteiger partial charge in [0.25, 0.3) is 0 Å². The van der Waals surface area contributed by atoms with Crippen molar-refractivity contribution in [2.24, 2.45) is 5.92 Å². The highest BCUT2D eigenvalue weighted by molar-refractivity contribution is 8.13. The van der Waals surface area contributed by atoms with E-state index in [2.05, 4.69) is 0 Å². The van der Waals surface area contributed by atoms with Gasteiger partial charge in [0.1, 0.15) is 0 Å². The first kappa shape index (κ1) is 10.3. The molecule has 1 aliphatic carbocycles. The molecule has 0 atom stereocenters. The standard InChI is InChI=1S/C7H13ClO3S/c1-11-7-4-6(5-7)2-3-12(8,9)10/h6-7H,2-5H2,1H3. The molecular formula is C7H13ClO3S. The van der Waals surface area contributed by atoms with Crippen LogP contribution in [0.25, 0.3) is 0 Å². The largest absolute Gasteiger partial charge is 0.381 e. The first-order valence-corrected chi connectivity index (χ1v) is 6.44. The number of halogens is 1. The predicted octanol–water partition coefficient (Wildman–Crippen LogP) is 1.37. The maximum atomic E-state index is 10.6. The highest BCUT2D eigenvalue weighted by Crippen LogP contribution is 2.32. The minimum absolute atomic E-state index is 0.0929. The third kappa shape index (κ3) is 3.29. The number of hydrogen-bond donors (Lipinski definition) is 0. The van der Waals surface area contributed by atoms with E-state index in [1.54, 1.807) is 7.11 Å². The molecule has 72 valence electrons. The van der Waals surface area contributed by atoms with Crippen molar-refractivity contribution in [1.82, 2.24) is 0 Å². The van der Waals surface area contributed by atoms with Crippen LogP contribution in [0.1, 0.15) is 19.3 Å². The zero-order valence-corrected chi connectivity index (χ0v) is 8.57. The molecule has 5 heteroatoms. The van der Waals surface area contributed by atoms with Crippen molar-refractivity contribution in [2.75, 3.05) is 12.9 Å². The Balaban J connectivity index is 2.12. The first-order valence-electron chi connectivity index (χ1n) is 3.96. The van der Waals surface area contributed by atoms with Crippen LogP contribution in [-0.2, 0) is 13.8 Å². The molecule has 3 nitrogen and oxygen atoms in total. The smallest absolute Gasteiger partial charge is 0.232 e. The van der Waals surface area contributed by atoms with Gasteiger partial charge in [-0.3, -0.25) is 0 Å². The Labute approximate surface area is 77.5 Å². The lowest BCUT2D eigenvalue weighted by Crippen LogP contribution is -2.31. The van der Waals surface area contributed by atoms with E-state index in [4.69, 9.17) is 15.4 Å². The van der Waals surface area contributed by atoms with Gasteiger partial charge in [0.15, 0.2) is 0 Å². The van der Waals surface area contributed by atoms with Crippen molar-refractivity contribution in [1.29, 1.82) is 0 Å². The van der Waals surface area contributed by atoms with Crippen molar-refractivity contribution in [3.05, 3.63) is 0 Å². The number of hydrogen-bond acceptors (Lipinski definition) is 3. The van der Waals surface area contributed by atoms with Crippen molar-refractivity contribution in [2.45, 2.75) is 25.4 Å². The SMILES string of the molecule is COC1CC(CCS(=O)(=O)Cl)C1. The monoisotopic (exact) mass is 212 g/mol. The lowest BCUT2D eigenvalue weighted by molar-refractivity contribution is 0.000383. The van der Waals surface area contributed by atoms with Gasteiger partial charge in [0.2, 0.25) is 9.05 Å². The number of ether oxygens (including phenoxy) is 1. The molecule has 0 aliphatic heterocycles. The van der Waals surface area contributed by atoms with Crippen molar-refractivity contribution < 1.29 is 13.2 Å². The topological polar surface area (TPSA) is 43.4 Å². The van der Waals surface area contributed by atoms with Crippen LogP contribution in [0.4, 0.5) is 0 Å². The highest BCUT2D eigenvalue weighted by atomic mass is 35.7. The summed E-state index contributed by atoms with van der Waals surface area (Å²) in [5.41, 5.74) is 0. The highest BCUT2D eigenvalue weighted by Gasteiger charge is 2.29. The van der Waals surface area contributed by atoms with Crippen molar-refractivity contribution >= 4 is 19.7 Å². The molecule has 0 N–H and O–H groups in total. The van der Waals surface area contributed by atoms with E-state index in [0.29, 0.717) is 18.4 Å². The Hall–Kier alpha value is 0.200. The Morgan fingerprint density at radius 2 is 2.08 bits per heavy atom. The molecule has 0 heterocycles. The molecule has 1 fully saturated rings. The summed E-state index contributed by atoms with van der Waals surface area (Å²) in [7, 11) is 3.46. The van der Waals surface area contributed by atoms with E-state index in [1.165, 1.54) is 0 Å². The molecule has 0 amide bonds. The molecule has 0 spiro atoms. The summed E-state index contributed by atoms with van der Waals surface area (Å²) in [6, 6.07) is 0. The normalized spacial score (nSPS) is 29.8. The second kappa shape index (κ2) is 3.94. The molecule has 0 aromatic rings. The van der Waals surface area contributed by atoms with E-state index in [9.17, 15) is 8.42 Å². The summed E-state index contributed by atoms with van der Waals surface area (Å²) < 4.78 is 26.2. The van der Waals surface area contributed by atoms with Gasteiger partial charge < -0.3 is 4.74 Å². The lowest BCUT2D eigenvalue weighted by Gasteiger charge is -2.33. The van der Waals surface area contributed by atoms with Crippen molar-refractivity contribution in [3.8, 4) is 0 Å². The molecular weight excluding hydrogens is 200 g/mol. The maximum absolute atomic E-state index is 10.6. The zero-order valence-electron chi connectivity index (χ0n) is 6.99. The van der Waals surface area contributed by atoms with Crippen LogP contribution in [0.2, 0.25) is 0 Å². The third-order valence-electron chi connectivity index (χ3n) is 2.30. The van der Waals surface area contributed by atoms with Gasteiger partial charge in [-0.2, -0.15) is 0 Å². The molecule has 1 aliphatic rings. The predicted molar refractivity (Wildman–Crippen MR) is 47.8 cm³/mol. The van der Waals surface area contributed by atoms with Gasteiger partial charge in [-0.1, -0.05) is 0 Å². The second-order valence-electron chi connectivity index (χ2n) is 3.23. The van der Waals surface area contributed by atoms with Crippen LogP contribution in [0.3, 0.4) is 0 Å². The average Bonchev–Trinajstić information content (AvgIpc) is 1.82. The van der Waals surface area contributed by atoms with Crippen LogP contribution >= 0.6 is 10.7 Å². The zero-order chi connectivity index (χ0) is 9.19. The molecule has 0 aromatic carbocycles. The van der Waals surface area contributed by atoms with Crippen LogP contribution in [0, 0.1) is 5.92 Å². The maximum Gasteiger partial charge on any atom is 0.232 e. The molecule has 0 unspecified atom stereocenters. The van der Waals surface area contributed by atoms with Crippen LogP contribution in [-0.4, -0.2) is 27.4 Å². The summed E-state index contributed by atoms with van der Waals surface area (Å²) in [4.78, 5) is 0. The van der Waals surface area contributed by atoms with E-state index < -0.39 is 9.05 Å². The van der Waals surface area contributed by atoms with E-state index in [1.807, 2.05) is 0 Å². The summed E-state index contributed by atoms with van der Waals surface area (Å²) in [6.45, 7) is 0. The second-order valence-corrected chi connectivity index (χ2v) is 6.12. The minimum Gasteiger partial charge on any atom is -0.381 e. The summed E-state index contributed by atoms with van der Waals surface area (Å²) in [5.74, 6) is 0.582. The molecule has 1 rings (SSSR count). The Morgan fingerprint density at radius 3 is 2.50 bits per heavy atom.